The molecule has 0 spiro atoms. The Balaban J connectivity index is 1.68. The first-order valence-electron chi connectivity index (χ1n) is 9.44. The van der Waals surface area contributed by atoms with Crippen LogP contribution in [0, 0.1) is 13.8 Å². The quantitative estimate of drug-likeness (QED) is 0.721. The molecule has 26 heavy (non-hydrogen) atoms. The molecule has 1 aromatic carbocycles. The molecule has 0 radical (unpaired) electrons. The maximum atomic E-state index is 6.07. The lowest BCUT2D eigenvalue weighted by Gasteiger charge is -2.18. The van der Waals surface area contributed by atoms with Crippen LogP contribution in [0.3, 0.4) is 0 Å². The van der Waals surface area contributed by atoms with E-state index in [2.05, 4.69) is 54.2 Å². The van der Waals surface area contributed by atoms with E-state index in [4.69, 9.17) is 9.47 Å². The highest BCUT2D eigenvalue weighted by atomic mass is 32.1. The van der Waals surface area contributed by atoms with Gasteiger partial charge < -0.3 is 14.4 Å². The first-order chi connectivity index (χ1) is 12.6. The summed E-state index contributed by atoms with van der Waals surface area (Å²) in [7, 11) is 2.16. The van der Waals surface area contributed by atoms with Gasteiger partial charge in [0.15, 0.2) is 0 Å². The lowest BCUT2D eigenvalue weighted by molar-refractivity contribution is 0.0837. The molecule has 1 fully saturated rings. The molecule has 1 aliphatic heterocycles. The summed E-state index contributed by atoms with van der Waals surface area (Å²) < 4.78 is 16.0. The summed E-state index contributed by atoms with van der Waals surface area (Å²) in [6.07, 6.45) is 3.05. The maximum Gasteiger partial charge on any atom is 0.298 e. The molecule has 0 bridgehead atoms. The molecule has 0 N–H and O–H groups in total. The molecule has 0 unspecified atom stereocenters. The first kappa shape index (κ1) is 19.3. The lowest BCUT2D eigenvalue weighted by atomic mass is 10.00. The van der Waals surface area contributed by atoms with E-state index < -0.39 is 0 Å². The molecule has 142 valence electrons. The smallest absolute Gasteiger partial charge is 0.298 e. The van der Waals surface area contributed by atoms with Crippen molar-refractivity contribution in [3.05, 3.63) is 34.6 Å². The summed E-state index contributed by atoms with van der Waals surface area (Å²) in [6.45, 7) is 10.2. The van der Waals surface area contributed by atoms with Crippen molar-refractivity contribution in [1.29, 1.82) is 0 Å². The summed E-state index contributed by atoms with van der Waals surface area (Å²) in [6, 6.07) is 4.38. The first-order valence-corrected chi connectivity index (χ1v) is 10.2. The molecule has 5 nitrogen and oxygen atoms in total. The van der Waals surface area contributed by atoms with Gasteiger partial charge in [-0.3, -0.25) is 0 Å². The molecule has 2 heterocycles. The molecule has 6 heteroatoms. The highest BCUT2D eigenvalue weighted by Crippen LogP contribution is 2.32. The average molecular weight is 376 g/mol. The summed E-state index contributed by atoms with van der Waals surface area (Å²) in [5.74, 6) is 2.18. The van der Waals surface area contributed by atoms with Gasteiger partial charge in [0.1, 0.15) is 11.6 Å². The molecule has 1 aliphatic rings. The predicted molar refractivity (Wildman–Crippen MR) is 106 cm³/mol. The van der Waals surface area contributed by atoms with Crippen LogP contribution in [0.15, 0.2) is 12.1 Å². The SMILES string of the molecule is CCN(C)CCc1cc(C)c(Oc2nc(C3CCOCC3)ns2)cc1C. The minimum atomic E-state index is 0.401. The largest absolute Gasteiger partial charge is 0.430 e. The van der Waals surface area contributed by atoms with Crippen LogP contribution in [-0.2, 0) is 11.2 Å². The number of ether oxygens (including phenoxy) is 2. The van der Waals surface area contributed by atoms with Gasteiger partial charge in [-0.25, -0.2) is 0 Å². The van der Waals surface area contributed by atoms with Crippen LogP contribution in [-0.4, -0.2) is 47.6 Å². The number of aryl methyl sites for hydroxylation is 2. The van der Waals surface area contributed by atoms with Crippen LogP contribution in [0.1, 0.15) is 48.2 Å². The van der Waals surface area contributed by atoms with Crippen molar-refractivity contribution >= 4 is 11.5 Å². The van der Waals surface area contributed by atoms with E-state index in [-0.39, 0.29) is 0 Å². The Kier molecular flexibility index (Phi) is 6.62. The molecule has 0 amide bonds. The van der Waals surface area contributed by atoms with Crippen molar-refractivity contribution in [2.24, 2.45) is 0 Å². The van der Waals surface area contributed by atoms with Gasteiger partial charge in [0.05, 0.1) is 0 Å². The molecule has 1 aromatic heterocycles. The Bertz CT molecular complexity index is 726. The maximum absolute atomic E-state index is 6.07. The van der Waals surface area contributed by atoms with E-state index in [1.54, 1.807) is 0 Å². The Morgan fingerprint density at radius 3 is 2.73 bits per heavy atom. The van der Waals surface area contributed by atoms with Gasteiger partial charge in [-0.15, -0.1) is 0 Å². The molecule has 3 rings (SSSR count). The summed E-state index contributed by atoms with van der Waals surface area (Å²) in [5.41, 5.74) is 3.80. The van der Waals surface area contributed by atoms with Crippen molar-refractivity contribution in [1.82, 2.24) is 14.3 Å². The van der Waals surface area contributed by atoms with Crippen LogP contribution >= 0.6 is 11.5 Å². The van der Waals surface area contributed by atoms with Crippen LogP contribution in [0.25, 0.3) is 0 Å². The molecule has 0 aliphatic carbocycles. The summed E-state index contributed by atoms with van der Waals surface area (Å²) >= 11 is 1.34. The van der Waals surface area contributed by atoms with Crippen molar-refractivity contribution in [3.8, 4) is 10.9 Å². The van der Waals surface area contributed by atoms with Gasteiger partial charge in [-0.05, 0) is 69.5 Å². The predicted octanol–water partition coefficient (Wildman–Crippen LogP) is 4.34. The second-order valence-corrected chi connectivity index (χ2v) is 7.81. The lowest BCUT2D eigenvalue weighted by Crippen LogP contribution is -2.20. The third kappa shape index (κ3) is 4.81. The van der Waals surface area contributed by atoms with E-state index in [1.165, 1.54) is 22.7 Å². The number of hydrogen-bond donors (Lipinski definition) is 0. The fourth-order valence-electron chi connectivity index (χ4n) is 3.18. The Morgan fingerprint density at radius 1 is 1.23 bits per heavy atom. The van der Waals surface area contributed by atoms with E-state index in [0.29, 0.717) is 11.1 Å². The molecular formula is C20H29N3O2S. The van der Waals surface area contributed by atoms with Crippen molar-refractivity contribution in [3.63, 3.8) is 0 Å². The van der Waals surface area contributed by atoms with E-state index >= 15 is 0 Å². The van der Waals surface area contributed by atoms with Crippen LogP contribution in [0.2, 0.25) is 0 Å². The number of rotatable bonds is 7. The number of nitrogens with zero attached hydrogens (tertiary/aromatic N) is 3. The van der Waals surface area contributed by atoms with Crippen LogP contribution < -0.4 is 4.74 Å². The number of aromatic nitrogens is 2. The van der Waals surface area contributed by atoms with E-state index in [1.807, 2.05) is 0 Å². The van der Waals surface area contributed by atoms with Gasteiger partial charge in [-0.1, -0.05) is 13.0 Å². The van der Waals surface area contributed by atoms with Gasteiger partial charge in [-0.2, -0.15) is 9.36 Å². The van der Waals surface area contributed by atoms with Crippen molar-refractivity contribution in [2.45, 2.75) is 46.0 Å². The zero-order valence-electron chi connectivity index (χ0n) is 16.2. The number of hydrogen-bond acceptors (Lipinski definition) is 6. The fourth-order valence-corrected chi connectivity index (χ4v) is 3.80. The van der Waals surface area contributed by atoms with Gasteiger partial charge in [0.2, 0.25) is 0 Å². The number of likely N-dealkylation sites (N-methyl/N-ethyl adjacent to an activating group) is 1. The van der Waals surface area contributed by atoms with E-state index in [9.17, 15) is 0 Å². The minimum Gasteiger partial charge on any atom is -0.430 e. The average Bonchev–Trinajstić information content (AvgIpc) is 3.12. The third-order valence-corrected chi connectivity index (χ3v) is 5.75. The summed E-state index contributed by atoms with van der Waals surface area (Å²) in [5, 5.41) is 0.632. The number of benzene rings is 1. The normalized spacial score (nSPS) is 15.6. The standard InChI is InChI=1S/C20H29N3O2S/c1-5-23(4)9-6-17-12-15(3)18(13-14(17)2)25-20-21-19(22-26-20)16-7-10-24-11-8-16/h12-13,16H,5-11H2,1-4H3. The zero-order valence-corrected chi connectivity index (χ0v) is 17.1. The van der Waals surface area contributed by atoms with Gasteiger partial charge >= 0.3 is 0 Å². The highest BCUT2D eigenvalue weighted by molar-refractivity contribution is 7.07. The monoisotopic (exact) mass is 375 g/mol. The van der Waals surface area contributed by atoms with Gasteiger partial charge in [0.25, 0.3) is 5.19 Å². The second kappa shape index (κ2) is 8.93. The minimum absolute atomic E-state index is 0.401. The Hall–Kier alpha value is -1.50. The van der Waals surface area contributed by atoms with Crippen LogP contribution in [0.5, 0.6) is 10.9 Å². The topological polar surface area (TPSA) is 47.5 Å². The fraction of sp³-hybridized carbons (Fsp3) is 0.600. The summed E-state index contributed by atoms with van der Waals surface area (Å²) in [4.78, 5) is 6.95. The van der Waals surface area contributed by atoms with E-state index in [0.717, 1.165) is 62.7 Å². The zero-order chi connectivity index (χ0) is 18.5. The highest BCUT2D eigenvalue weighted by Gasteiger charge is 2.21. The molecule has 2 aromatic rings. The molecule has 0 atom stereocenters. The van der Waals surface area contributed by atoms with Crippen LogP contribution in [0.4, 0.5) is 0 Å². The van der Waals surface area contributed by atoms with Gasteiger partial charge in [0, 0.05) is 37.2 Å². The molecule has 0 saturated carbocycles. The molecule has 1 saturated heterocycles. The van der Waals surface area contributed by atoms with Crippen molar-refractivity contribution < 1.29 is 9.47 Å². The van der Waals surface area contributed by atoms with Crippen molar-refractivity contribution in [2.75, 3.05) is 33.4 Å². The Morgan fingerprint density at radius 2 is 2.00 bits per heavy atom. The Labute approximate surface area is 160 Å². The molecular weight excluding hydrogens is 346 g/mol. The second-order valence-electron chi connectivity index (χ2n) is 7.10. The third-order valence-electron chi connectivity index (χ3n) is 5.14.